The van der Waals surface area contributed by atoms with E-state index < -0.39 is 12.8 Å². The number of hydrogen-bond acceptors (Lipinski definition) is 3. The van der Waals surface area contributed by atoms with Gasteiger partial charge in [-0.2, -0.15) is 18.7 Å². The van der Waals surface area contributed by atoms with Crippen LogP contribution < -0.4 is 5.48 Å². The second-order valence-electron chi connectivity index (χ2n) is 2.63. The van der Waals surface area contributed by atoms with Crippen molar-refractivity contribution in [2.75, 3.05) is 26.7 Å². The summed E-state index contributed by atoms with van der Waals surface area (Å²) in [4.78, 5) is 16.4. The van der Waals surface area contributed by atoms with Crippen LogP contribution in [0.4, 0.5) is 13.2 Å². The van der Waals surface area contributed by atoms with E-state index in [1.54, 1.807) is 14.0 Å². The van der Waals surface area contributed by atoms with Gasteiger partial charge in [-0.1, -0.05) is 0 Å². The first kappa shape index (κ1) is 13.2. The van der Waals surface area contributed by atoms with Gasteiger partial charge in [-0.05, 0) is 6.92 Å². The maximum atomic E-state index is 11.5. The zero-order valence-electron chi connectivity index (χ0n) is 8.02. The van der Waals surface area contributed by atoms with Gasteiger partial charge in [0.2, 0.25) is 5.91 Å². The number of carbonyl (C=O) groups is 1. The zero-order valence-corrected chi connectivity index (χ0v) is 8.02. The van der Waals surface area contributed by atoms with Gasteiger partial charge in [0.15, 0.2) is 6.61 Å². The number of likely N-dealkylation sites (N-methyl/N-ethyl adjacent to an activating group) is 1. The molecular formula is C7H13F3N2O2. The minimum absolute atomic E-state index is 0.263. The molecule has 0 heterocycles. The highest BCUT2D eigenvalue weighted by Gasteiger charge is 2.27. The van der Waals surface area contributed by atoms with E-state index in [-0.39, 0.29) is 12.5 Å². The molecule has 7 heteroatoms. The van der Waals surface area contributed by atoms with Gasteiger partial charge in [0.05, 0.1) is 0 Å². The van der Waals surface area contributed by atoms with E-state index in [1.165, 1.54) is 4.90 Å². The lowest BCUT2D eigenvalue weighted by atomic mass is 10.5. The van der Waals surface area contributed by atoms with Crippen molar-refractivity contribution in [3.63, 3.8) is 0 Å². The Labute approximate surface area is 80.0 Å². The van der Waals surface area contributed by atoms with Crippen LogP contribution in [0, 0.1) is 0 Å². The van der Waals surface area contributed by atoms with Crippen molar-refractivity contribution in [1.29, 1.82) is 0 Å². The third kappa shape index (κ3) is 6.67. The molecule has 0 saturated carbocycles. The molecule has 1 amide bonds. The fourth-order valence-electron chi connectivity index (χ4n) is 0.557. The van der Waals surface area contributed by atoms with Gasteiger partial charge >= 0.3 is 6.18 Å². The number of nitrogens with zero attached hydrogens (tertiary/aromatic N) is 1. The Bertz CT molecular complexity index is 184. The first-order valence-corrected chi connectivity index (χ1v) is 4.02. The van der Waals surface area contributed by atoms with E-state index in [1.807, 2.05) is 5.48 Å². The molecule has 0 saturated heterocycles. The van der Waals surface area contributed by atoms with Crippen LogP contribution in [0.5, 0.6) is 0 Å². The molecule has 0 fully saturated rings. The Morgan fingerprint density at radius 1 is 1.50 bits per heavy atom. The molecule has 0 rings (SSSR count). The van der Waals surface area contributed by atoms with E-state index in [9.17, 15) is 18.0 Å². The molecule has 0 aromatic rings. The van der Waals surface area contributed by atoms with Crippen LogP contribution in [0.15, 0.2) is 0 Å². The van der Waals surface area contributed by atoms with Gasteiger partial charge < -0.3 is 4.90 Å². The summed E-state index contributed by atoms with van der Waals surface area (Å²) in [5.41, 5.74) is 1.95. The van der Waals surface area contributed by atoms with Crippen LogP contribution in [0.25, 0.3) is 0 Å². The van der Waals surface area contributed by atoms with E-state index in [4.69, 9.17) is 0 Å². The maximum Gasteiger partial charge on any atom is 0.413 e. The molecule has 0 bridgehead atoms. The van der Waals surface area contributed by atoms with Crippen molar-refractivity contribution < 1.29 is 22.8 Å². The number of hydrogen-bond donors (Lipinski definition) is 1. The molecule has 0 spiro atoms. The predicted octanol–water partition coefficient (Wildman–Crippen LogP) is 0.548. The lowest BCUT2D eigenvalue weighted by Crippen LogP contribution is -2.36. The first-order valence-electron chi connectivity index (χ1n) is 4.02. The standard InChI is InChI=1S/C7H13F3N2O2/c1-3-12(2)6(13)4-11-14-5-7(8,9)10/h11H,3-5H2,1-2H3. The highest BCUT2D eigenvalue weighted by Crippen LogP contribution is 2.13. The number of nitrogens with one attached hydrogen (secondary N) is 1. The minimum Gasteiger partial charge on any atom is -0.345 e. The van der Waals surface area contributed by atoms with Gasteiger partial charge in [0.25, 0.3) is 0 Å². The van der Waals surface area contributed by atoms with Crippen molar-refractivity contribution in [3.05, 3.63) is 0 Å². The Balaban J connectivity index is 3.51. The molecule has 0 unspecified atom stereocenters. The molecule has 14 heavy (non-hydrogen) atoms. The van der Waals surface area contributed by atoms with Crippen LogP contribution in [-0.4, -0.2) is 43.7 Å². The molecule has 84 valence electrons. The average molecular weight is 214 g/mol. The SMILES string of the molecule is CCN(C)C(=O)CNOCC(F)(F)F. The fraction of sp³-hybridized carbons (Fsp3) is 0.857. The molecule has 0 aliphatic carbocycles. The van der Waals surface area contributed by atoms with E-state index in [0.29, 0.717) is 6.54 Å². The van der Waals surface area contributed by atoms with Crippen molar-refractivity contribution in [3.8, 4) is 0 Å². The zero-order chi connectivity index (χ0) is 11.2. The van der Waals surface area contributed by atoms with Gasteiger partial charge in [-0.15, -0.1) is 0 Å². The normalized spacial score (nSPS) is 11.5. The molecular weight excluding hydrogens is 201 g/mol. The molecule has 0 aliphatic rings. The van der Waals surface area contributed by atoms with E-state index >= 15 is 0 Å². The average Bonchev–Trinajstić information content (AvgIpc) is 2.09. The van der Waals surface area contributed by atoms with Crippen LogP contribution in [-0.2, 0) is 9.63 Å². The Morgan fingerprint density at radius 3 is 2.50 bits per heavy atom. The van der Waals surface area contributed by atoms with E-state index in [0.717, 1.165) is 0 Å². The maximum absolute atomic E-state index is 11.5. The van der Waals surface area contributed by atoms with E-state index in [2.05, 4.69) is 4.84 Å². The van der Waals surface area contributed by atoms with Crippen LogP contribution in [0.1, 0.15) is 6.92 Å². The van der Waals surface area contributed by atoms with Crippen molar-refractivity contribution in [2.45, 2.75) is 13.1 Å². The topological polar surface area (TPSA) is 41.6 Å². The van der Waals surface area contributed by atoms with Gasteiger partial charge in [-0.25, -0.2) is 0 Å². The Kier molecular flexibility index (Phi) is 5.47. The molecule has 1 N–H and O–H groups in total. The minimum atomic E-state index is -4.38. The number of amides is 1. The molecule has 0 radical (unpaired) electrons. The third-order valence-electron chi connectivity index (χ3n) is 1.46. The van der Waals surface area contributed by atoms with Crippen molar-refractivity contribution >= 4 is 5.91 Å². The number of halogens is 3. The summed E-state index contributed by atoms with van der Waals surface area (Å²) in [6, 6.07) is 0. The predicted molar refractivity (Wildman–Crippen MR) is 43.3 cm³/mol. The first-order chi connectivity index (χ1) is 6.37. The highest BCUT2D eigenvalue weighted by molar-refractivity contribution is 5.77. The lowest BCUT2D eigenvalue weighted by molar-refractivity contribution is -0.190. The number of alkyl halides is 3. The second kappa shape index (κ2) is 5.82. The summed E-state index contributed by atoms with van der Waals surface area (Å²) in [5.74, 6) is -0.324. The third-order valence-corrected chi connectivity index (χ3v) is 1.46. The summed E-state index contributed by atoms with van der Waals surface area (Å²) in [5, 5.41) is 0. The van der Waals surface area contributed by atoms with Gasteiger partial charge in [0, 0.05) is 13.6 Å². The van der Waals surface area contributed by atoms with Crippen LogP contribution >= 0.6 is 0 Å². The molecule has 0 atom stereocenters. The second-order valence-corrected chi connectivity index (χ2v) is 2.63. The lowest BCUT2D eigenvalue weighted by Gasteiger charge is -2.14. The number of carbonyl (C=O) groups excluding carboxylic acids is 1. The van der Waals surface area contributed by atoms with Gasteiger partial charge in [0.1, 0.15) is 6.54 Å². The smallest absolute Gasteiger partial charge is 0.345 e. The largest absolute Gasteiger partial charge is 0.413 e. The molecule has 0 aromatic heterocycles. The summed E-state index contributed by atoms with van der Waals surface area (Å²) >= 11 is 0. The Hall–Kier alpha value is -0.820. The highest BCUT2D eigenvalue weighted by atomic mass is 19.4. The summed E-state index contributed by atoms with van der Waals surface area (Å²) in [6.07, 6.45) is -4.38. The number of rotatable bonds is 5. The summed E-state index contributed by atoms with van der Waals surface area (Å²) in [7, 11) is 1.55. The van der Waals surface area contributed by atoms with Crippen LogP contribution in [0.2, 0.25) is 0 Å². The molecule has 0 aliphatic heterocycles. The number of hydroxylamine groups is 1. The van der Waals surface area contributed by atoms with Crippen molar-refractivity contribution in [2.24, 2.45) is 0 Å². The summed E-state index contributed by atoms with van der Waals surface area (Å²) in [6.45, 7) is 0.588. The molecule has 0 aromatic carbocycles. The summed E-state index contributed by atoms with van der Waals surface area (Å²) < 4.78 is 34.6. The molecule has 4 nitrogen and oxygen atoms in total. The monoisotopic (exact) mass is 214 g/mol. The van der Waals surface area contributed by atoms with Crippen LogP contribution in [0.3, 0.4) is 0 Å². The fourth-order valence-corrected chi connectivity index (χ4v) is 0.557. The Morgan fingerprint density at radius 2 is 2.07 bits per heavy atom. The van der Waals surface area contributed by atoms with Gasteiger partial charge in [-0.3, -0.25) is 9.63 Å². The quantitative estimate of drug-likeness (QED) is 0.536. The van der Waals surface area contributed by atoms with Crippen molar-refractivity contribution in [1.82, 2.24) is 10.4 Å².